The highest BCUT2D eigenvalue weighted by molar-refractivity contribution is 5.95. The molecule has 8 heteroatoms. The summed E-state index contributed by atoms with van der Waals surface area (Å²) < 4.78 is 42.8. The summed E-state index contributed by atoms with van der Waals surface area (Å²) in [6.45, 7) is 0.159. The number of hydrogen-bond donors (Lipinski definition) is 1. The average Bonchev–Trinajstić information content (AvgIpc) is 3.33. The van der Waals surface area contributed by atoms with Crippen LogP contribution in [0.3, 0.4) is 0 Å². The number of aliphatic hydroxyl groups excluding tert-OH is 1. The molecule has 0 spiro atoms. The number of likely N-dealkylation sites (N-methyl/N-ethyl adjacent to an activating group) is 1. The van der Waals surface area contributed by atoms with Crippen molar-refractivity contribution in [2.75, 3.05) is 38.2 Å². The van der Waals surface area contributed by atoms with Crippen LogP contribution in [0.25, 0.3) is 5.57 Å². The summed E-state index contributed by atoms with van der Waals surface area (Å²) in [4.78, 5) is 18.2. The van der Waals surface area contributed by atoms with Crippen LogP contribution in [0.2, 0.25) is 0 Å². The van der Waals surface area contributed by atoms with E-state index in [0.717, 1.165) is 18.2 Å². The minimum atomic E-state index is -1.24. The second kappa shape index (κ2) is 8.72. The SMILES string of the molecule is CN1C[C@H](F)[C@@H](N(C(=O)N2CC(c3cc(F)ccc3F)=C[C@H]2CO)c2ccccc2)C1. The van der Waals surface area contributed by atoms with Crippen molar-refractivity contribution in [3.63, 3.8) is 0 Å². The summed E-state index contributed by atoms with van der Waals surface area (Å²) in [5.74, 6) is -1.21. The van der Waals surface area contributed by atoms with Gasteiger partial charge in [-0.25, -0.2) is 18.0 Å². The quantitative estimate of drug-likeness (QED) is 0.808. The molecule has 4 rings (SSSR count). The molecular weight excluding hydrogens is 407 g/mol. The van der Waals surface area contributed by atoms with E-state index in [2.05, 4.69) is 0 Å². The van der Waals surface area contributed by atoms with E-state index in [9.17, 15) is 23.1 Å². The van der Waals surface area contributed by atoms with Crippen LogP contribution in [-0.4, -0.2) is 72.5 Å². The van der Waals surface area contributed by atoms with E-state index in [4.69, 9.17) is 0 Å². The van der Waals surface area contributed by atoms with Gasteiger partial charge in [0.05, 0.1) is 18.7 Å². The van der Waals surface area contributed by atoms with Gasteiger partial charge in [-0.15, -0.1) is 0 Å². The number of rotatable bonds is 4. The van der Waals surface area contributed by atoms with Crippen molar-refractivity contribution < 1.29 is 23.1 Å². The number of carbonyl (C=O) groups excluding carboxylic acids is 1. The monoisotopic (exact) mass is 431 g/mol. The lowest BCUT2D eigenvalue weighted by atomic mass is 10.1. The Morgan fingerprint density at radius 2 is 1.90 bits per heavy atom. The van der Waals surface area contributed by atoms with Gasteiger partial charge in [-0.2, -0.15) is 0 Å². The minimum Gasteiger partial charge on any atom is -0.394 e. The Hall–Kier alpha value is -2.84. The Balaban J connectivity index is 1.66. The summed E-state index contributed by atoms with van der Waals surface area (Å²) in [7, 11) is 1.79. The van der Waals surface area contributed by atoms with E-state index in [1.165, 1.54) is 9.80 Å². The first-order chi connectivity index (χ1) is 14.9. The number of anilines is 1. The van der Waals surface area contributed by atoms with Gasteiger partial charge < -0.3 is 14.9 Å². The summed E-state index contributed by atoms with van der Waals surface area (Å²) in [5.41, 5.74) is 0.985. The summed E-state index contributed by atoms with van der Waals surface area (Å²) in [6, 6.07) is 10.0. The molecule has 3 atom stereocenters. The first kappa shape index (κ1) is 21.4. The van der Waals surface area contributed by atoms with E-state index >= 15 is 0 Å². The van der Waals surface area contributed by atoms with Crippen LogP contribution < -0.4 is 4.90 Å². The molecule has 2 amide bonds. The molecule has 0 aromatic heterocycles. The molecule has 0 bridgehead atoms. The number of para-hydroxylation sites is 1. The first-order valence-electron chi connectivity index (χ1n) is 10.1. The van der Waals surface area contributed by atoms with Gasteiger partial charge in [0.15, 0.2) is 0 Å². The number of aliphatic hydroxyl groups is 1. The lowest BCUT2D eigenvalue weighted by Gasteiger charge is -2.35. The van der Waals surface area contributed by atoms with Crippen LogP contribution >= 0.6 is 0 Å². The molecule has 1 N–H and O–H groups in total. The number of urea groups is 1. The van der Waals surface area contributed by atoms with Crippen molar-refractivity contribution in [3.05, 3.63) is 71.8 Å². The van der Waals surface area contributed by atoms with Crippen LogP contribution in [0.1, 0.15) is 5.56 Å². The molecule has 2 heterocycles. The zero-order valence-corrected chi connectivity index (χ0v) is 17.1. The number of hydrogen-bond acceptors (Lipinski definition) is 3. The largest absolute Gasteiger partial charge is 0.394 e. The van der Waals surface area contributed by atoms with Crippen LogP contribution in [0.15, 0.2) is 54.6 Å². The second-order valence-corrected chi connectivity index (χ2v) is 7.99. The predicted molar refractivity (Wildman–Crippen MR) is 112 cm³/mol. The van der Waals surface area contributed by atoms with Crippen LogP contribution in [-0.2, 0) is 0 Å². The fraction of sp³-hybridized carbons (Fsp3) is 0.348. The lowest BCUT2D eigenvalue weighted by Crippen LogP contribution is -2.54. The maximum absolute atomic E-state index is 14.8. The Labute approximate surface area is 179 Å². The average molecular weight is 431 g/mol. The minimum absolute atomic E-state index is 0.0206. The normalized spacial score (nSPS) is 23.8. The fourth-order valence-corrected chi connectivity index (χ4v) is 4.30. The third kappa shape index (κ3) is 4.18. The van der Waals surface area contributed by atoms with Crippen molar-refractivity contribution in [1.29, 1.82) is 0 Å². The molecule has 2 aromatic rings. The van der Waals surface area contributed by atoms with Gasteiger partial charge in [-0.3, -0.25) is 4.90 Å². The van der Waals surface area contributed by atoms with Crippen molar-refractivity contribution in [3.8, 4) is 0 Å². The number of halogens is 3. The third-order valence-corrected chi connectivity index (χ3v) is 5.82. The van der Waals surface area contributed by atoms with Gasteiger partial charge in [0.1, 0.15) is 17.8 Å². The topological polar surface area (TPSA) is 47.0 Å². The van der Waals surface area contributed by atoms with Crippen molar-refractivity contribution in [2.45, 2.75) is 18.3 Å². The number of amides is 2. The summed E-state index contributed by atoms with van der Waals surface area (Å²) in [5, 5.41) is 9.88. The zero-order valence-electron chi connectivity index (χ0n) is 17.1. The number of carbonyl (C=O) groups is 1. The summed E-state index contributed by atoms with van der Waals surface area (Å²) in [6.07, 6.45) is 0.324. The lowest BCUT2D eigenvalue weighted by molar-refractivity contribution is 0.168. The van der Waals surface area contributed by atoms with E-state index < -0.39 is 42.5 Å². The highest BCUT2D eigenvalue weighted by atomic mass is 19.1. The Bertz CT molecular complexity index is 985. The molecule has 1 fully saturated rings. The maximum atomic E-state index is 14.8. The van der Waals surface area contributed by atoms with Gasteiger partial charge in [0, 0.05) is 30.9 Å². The van der Waals surface area contributed by atoms with E-state index in [0.29, 0.717) is 17.8 Å². The van der Waals surface area contributed by atoms with Crippen molar-refractivity contribution >= 4 is 17.3 Å². The van der Waals surface area contributed by atoms with E-state index in [-0.39, 0.29) is 18.7 Å². The smallest absolute Gasteiger partial charge is 0.325 e. The highest BCUT2D eigenvalue weighted by Crippen LogP contribution is 2.32. The molecule has 164 valence electrons. The first-order valence-corrected chi connectivity index (χ1v) is 10.1. The Kier molecular flexibility index (Phi) is 6.02. The molecule has 5 nitrogen and oxygen atoms in total. The number of benzene rings is 2. The van der Waals surface area contributed by atoms with E-state index in [1.807, 2.05) is 4.90 Å². The zero-order chi connectivity index (χ0) is 22.1. The van der Waals surface area contributed by atoms with Crippen LogP contribution in [0.4, 0.5) is 23.7 Å². The standard InChI is InChI=1S/C23H24F3N3O2/c1-27-12-21(26)22(13-27)29(17-5-3-2-4-6-17)23(31)28-11-15(9-18(28)14-30)19-10-16(24)7-8-20(19)25/h2-10,18,21-22,30H,11-14H2,1H3/t18-,21-,22-/m0/s1. The molecule has 0 unspecified atom stereocenters. The number of likely N-dealkylation sites (tertiary alicyclic amines) is 1. The van der Waals surface area contributed by atoms with Gasteiger partial charge in [-0.1, -0.05) is 24.3 Å². The van der Waals surface area contributed by atoms with Gasteiger partial charge >= 0.3 is 6.03 Å². The molecule has 2 aliphatic heterocycles. The molecule has 0 saturated carbocycles. The van der Waals surface area contributed by atoms with Crippen LogP contribution in [0.5, 0.6) is 0 Å². The van der Waals surface area contributed by atoms with Gasteiger partial charge in [0.25, 0.3) is 0 Å². The Morgan fingerprint density at radius 3 is 2.55 bits per heavy atom. The molecular formula is C23H24F3N3O2. The summed E-state index contributed by atoms with van der Waals surface area (Å²) >= 11 is 0. The second-order valence-electron chi connectivity index (χ2n) is 7.99. The number of alkyl halides is 1. The molecule has 0 aliphatic carbocycles. The molecule has 1 saturated heterocycles. The molecule has 2 aromatic carbocycles. The third-order valence-electron chi connectivity index (χ3n) is 5.82. The Morgan fingerprint density at radius 1 is 1.16 bits per heavy atom. The van der Waals surface area contributed by atoms with Crippen molar-refractivity contribution in [1.82, 2.24) is 9.80 Å². The molecule has 0 radical (unpaired) electrons. The van der Waals surface area contributed by atoms with Gasteiger partial charge in [0.2, 0.25) is 0 Å². The van der Waals surface area contributed by atoms with Crippen molar-refractivity contribution in [2.24, 2.45) is 0 Å². The number of nitrogens with zero attached hydrogens (tertiary/aromatic N) is 3. The molecule has 31 heavy (non-hydrogen) atoms. The maximum Gasteiger partial charge on any atom is 0.325 e. The van der Waals surface area contributed by atoms with E-state index in [1.54, 1.807) is 43.5 Å². The molecule has 2 aliphatic rings. The predicted octanol–water partition coefficient (Wildman–Crippen LogP) is 3.30. The van der Waals surface area contributed by atoms with Crippen LogP contribution in [0, 0.1) is 11.6 Å². The fourth-order valence-electron chi connectivity index (χ4n) is 4.30. The van der Waals surface area contributed by atoms with Gasteiger partial charge in [-0.05, 0) is 43.0 Å². The highest BCUT2D eigenvalue weighted by Gasteiger charge is 2.42.